The second kappa shape index (κ2) is 7.34. The molecule has 0 aliphatic rings. The van der Waals surface area contributed by atoms with Gasteiger partial charge in [-0.2, -0.15) is 8.42 Å². The van der Waals surface area contributed by atoms with E-state index in [2.05, 4.69) is 21.4 Å². The number of hydrogen-bond acceptors (Lipinski definition) is 2. The molecule has 1 rings (SSSR count). The van der Waals surface area contributed by atoms with Crippen molar-refractivity contribution in [3.63, 3.8) is 0 Å². The molecule has 1 aromatic rings. The monoisotopic (exact) mass is 232 g/mol. The van der Waals surface area contributed by atoms with Gasteiger partial charge in [0.25, 0.3) is 0 Å². The van der Waals surface area contributed by atoms with Gasteiger partial charge < -0.3 is 0 Å². The van der Waals surface area contributed by atoms with Gasteiger partial charge in [0.05, 0.1) is 0 Å². The molecule has 70 valence electrons. The molecule has 0 amide bonds. The van der Waals surface area contributed by atoms with Gasteiger partial charge in [0.1, 0.15) is 0 Å². The van der Waals surface area contributed by atoms with Crippen LogP contribution in [0.25, 0.3) is 0 Å². The lowest BCUT2D eigenvalue weighted by Gasteiger charge is -1.69. The van der Waals surface area contributed by atoms with Gasteiger partial charge in [-0.3, -0.25) is 4.70 Å². The first kappa shape index (κ1) is 14.2. The van der Waals surface area contributed by atoms with Crippen molar-refractivity contribution in [2.24, 2.45) is 0 Å². The van der Waals surface area contributed by atoms with Crippen molar-refractivity contribution in [3.05, 3.63) is 36.4 Å². The van der Waals surface area contributed by atoms with Crippen molar-refractivity contribution in [2.75, 3.05) is 0 Å². The van der Waals surface area contributed by atoms with Crippen LogP contribution in [0.15, 0.2) is 36.4 Å². The van der Waals surface area contributed by atoms with Crippen LogP contribution in [0, 0.1) is 0 Å². The molecule has 0 atom stereocenters. The zero-order valence-electron chi connectivity index (χ0n) is 5.85. The maximum Gasteiger partial charge on any atom is 0.317 e. The van der Waals surface area contributed by atoms with Gasteiger partial charge in [-0.1, -0.05) is 36.4 Å². The standard InChI is InChI=1S/C6H6.Cl2O2S.FH/c1-2-4-6-5-3-1;1-5(2,3)4;/h1-6H;;1H. The fourth-order valence-corrected chi connectivity index (χ4v) is 0.385. The summed E-state index contributed by atoms with van der Waals surface area (Å²) in [4.78, 5) is 0. The van der Waals surface area contributed by atoms with Gasteiger partial charge in [0.15, 0.2) is 0 Å². The molecule has 0 heterocycles. The van der Waals surface area contributed by atoms with E-state index in [0.717, 1.165) is 0 Å². The molecule has 0 N–H and O–H groups in total. The predicted molar refractivity (Wildman–Crippen MR) is 49.6 cm³/mol. The van der Waals surface area contributed by atoms with Crippen LogP contribution in [0.4, 0.5) is 4.70 Å². The van der Waals surface area contributed by atoms with Gasteiger partial charge in [0.2, 0.25) is 0 Å². The lowest BCUT2D eigenvalue weighted by Crippen LogP contribution is -1.63. The van der Waals surface area contributed by atoms with Crippen LogP contribution in [0.3, 0.4) is 0 Å². The third-order valence-electron chi connectivity index (χ3n) is 0.667. The Morgan fingerprint density at radius 2 is 0.833 bits per heavy atom. The molecule has 12 heavy (non-hydrogen) atoms. The fourth-order valence-electron chi connectivity index (χ4n) is 0.385. The summed E-state index contributed by atoms with van der Waals surface area (Å²) >= 11 is 0. The van der Waals surface area contributed by atoms with Crippen molar-refractivity contribution >= 4 is 29.6 Å². The lowest BCUT2D eigenvalue weighted by molar-refractivity contribution is 0.621. The van der Waals surface area contributed by atoms with E-state index < -0.39 is 8.26 Å². The summed E-state index contributed by atoms with van der Waals surface area (Å²) in [5.41, 5.74) is 0. The largest absolute Gasteiger partial charge is 0.317 e. The van der Waals surface area contributed by atoms with Crippen LogP contribution >= 0.6 is 21.4 Å². The van der Waals surface area contributed by atoms with E-state index in [9.17, 15) is 0 Å². The van der Waals surface area contributed by atoms with Crippen LogP contribution in [0.1, 0.15) is 0 Å². The maximum absolute atomic E-state index is 9.16. The third kappa shape index (κ3) is 22.6. The van der Waals surface area contributed by atoms with Crippen LogP contribution in [-0.2, 0) is 8.26 Å². The second-order valence-electron chi connectivity index (χ2n) is 1.53. The topological polar surface area (TPSA) is 34.1 Å². The highest BCUT2D eigenvalue weighted by Crippen LogP contribution is 1.98. The second-order valence-corrected chi connectivity index (χ2v) is 5.20. The van der Waals surface area contributed by atoms with Crippen molar-refractivity contribution in [1.82, 2.24) is 0 Å². The summed E-state index contributed by atoms with van der Waals surface area (Å²) in [7, 11) is 4.81. The Bertz CT molecular complexity index is 240. The molecule has 1 aromatic carbocycles. The molecule has 6 heteroatoms. The molecule has 0 aromatic heterocycles. The molecular weight excluding hydrogens is 226 g/mol. The molecule has 0 saturated carbocycles. The smallest absolute Gasteiger partial charge is 0.269 e. The molecule has 2 nitrogen and oxygen atoms in total. The first-order valence-corrected chi connectivity index (χ1v) is 5.78. The van der Waals surface area contributed by atoms with E-state index in [-0.39, 0.29) is 4.70 Å². The zero-order chi connectivity index (χ0) is 8.74. The third-order valence-corrected chi connectivity index (χ3v) is 0.667. The Kier molecular flexibility index (Phi) is 8.69. The van der Waals surface area contributed by atoms with Gasteiger partial charge in [-0.15, -0.1) is 0 Å². The van der Waals surface area contributed by atoms with Crippen molar-refractivity contribution in [1.29, 1.82) is 0 Å². The molecule has 0 aliphatic carbocycles. The Labute approximate surface area is 79.4 Å². The first-order chi connectivity index (χ1) is 5.00. The minimum atomic E-state index is -3.72. The Morgan fingerprint density at radius 1 is 0.750 bits per heavy atom. The Hall–Kier alpha value is -0.320. The highest BCUT2D eigenvalue weighted by Gasteiger charge is 1.88. The highest BCUT2D eigenvalue weighted by atomic mass is 36.0. The van der Waals surface area contributed by atoms with E-state index in [0.29, 0.717) is 0 Å². The summed E-state index contributed by atoms with van der Waals surface area (Å²) in [6.07, 6.45) is 0. The van der Waals surface area contributed by atoms with Crippen LogP contribution < -0.4 is 0 Å². The van der Waals surface area contributed by atoms with E-state index in [1.54, 1.807) is 0 Å². The first-order valence-electron chi connectivity index (χ1n) is 2.64. The van der Waals surface area contributed by atoms with E-state index in [1.807, 2.05) is 36.4 Å². The number of rotatable bonds is 0. The Morgan fingerprint density at radius 3 is 0.917 bits per heavy atom. The molecule has 0 saturated heterocycles. The van der Waals surface area contributed by atoms with Crippen LogP contribution in [0.2, 0.25) is 0 Å². The molecule has 0 unspecified atom stereocenters. The number of hydrogen-bond donors (Lipinski definition) is 0. The molecular formula is C6H7Cl2FO2S. The fraction of sp³-hybridized carbons (Fsp3) is 0. The molecule has 0 aliphatic heterocycles. The van der Waals surface area contributed by atoms with E-state index in [4.69, 9.17) is 8.42 Å². The van der Waals surface area contributed by atoms with Gasteiger partial charge in [-0.25, -0.2) is 0 Å². The van der Waals surface area contributed by atoms with Crippen molar-refractivity contribution < 1.29 is 13.1 Å². The van der Waals surface area contributed by atoms with Gasteiger partial charge in [0, 0.05) is 21.4 Å². The average molecular weight is 233 g/mol. The molecule has 0 fully saturated rings. The quantitative estimate of drug-likeness (QED) is 0.645. The van der Waals surface area contributed by atoms with Gasteiger partial charge >= 0.3 is 8.26 Å². The molecule has 0 bridgehead atoms. The number of halogens is 3. The van der Waals surface area contributed by atoms with Crippen LogP contribution in [-0.4, -0.2) is 8.42 Å². The SMILES string of the molecule is F.O=S(=O)(Cl)Cl.c1ccccc1. The summed E-state index contributed by atoms with van der Waals surface area (Å²) in [6, 6.07) is 12.0. The molecule has 0 spiro atoms. The summed E-state index contributed by atoms with van der Waals surface area (Å²) in [5.74, 6) is 0. The minimum absolute atomic E-state index is 0. The average Bonchev–Trinajstić information content (AvgIpc) is 1.88. The number of benzene rings is 1. The van der Waals surface area contributed by atoms with Crippen molar-refractivity contribution in [3.8, 4) is 0 Å². The minimum Gasteiger partial charge on any atom is -0.269 e. The lowest BCUT2D eigenvalue weighted by atomic mass is 10.4. The van der Waals surface area contributed by atoms with E-state index >= 15 is 0 Å². The van der Waals surface area contributed by atoms with Crippen molar-refractivity contribution in [2.45, 2.75) is 0 Å². The van der Waals surface area contributed by atoms with E-state index in [1.165, 1.54) is 0 Å². The van der Waals surface area contributed by atoms with Crippen LogP contribution in [0.5, 0.6) is 0 Å². The normalized spacial score (nSPS) is 8.83. The summed E-state index contributed by atoms with van der Waals surface area (Å²) < 4.78 is 18.3. The maximum atomic E-state index is 9.16. The summed E-state index contributed by atoms with van der Waals surface area (Å²) in [6.45, 7) is 0. The zero-order valence-corrected chi connectivity index (χ0v) is 8.18. The Balaban J connectivity index is 0. The summed E-state index contributed by atoms with van der Waals surface area (Å²) in [5, 5.41) is 0. The predicted octanol–water partition coefficient (Wildman–Crippen LogP) is 2.55. The highest BCUT2D eigenvalue weighted by molar-refractivity contribution is 8.31. The van der Waals surface area contributed by atoms with Gasteiger partial charge in [-0.05, 0) is 0 Å². The molecule has 0 radical (unpaired) electrons.